The van der Waals surface area contributed by atoms with Crippen LogP contribution in [0, 0.1) is 0 Å². The topological polar surface area (TPSA) is 87.7 Å². The Bertz CT molecular complexity index is 911. The molecule has 0 spiro atoms. The van der Waals surface area contributed by atoms with E-state index >= 15 is 0 Å². The first-order chi connectivity index (χ1) is 12.8. The quantitative estimate of drug-likeness (QED) is 0.673. The third-order valence-corrected chi connectivity index (χ3v) is 5.78. The number of carbonyl (C=O) groups excluding carboxylic acids is 1. The molecule has 2 rings (SSSR count). The Balaban J connectivity index is 2.30. The van der Waals surface area contributed by atoms with Crippen LogP contribution in [0.1, 0.15) is 22.8 Å². The zero-order chi connectivity index (χ0) is 20.0. The van der Waals surface area contributed by atoms with E-state index in [4.69, 9.17) is 4.74 Å². The monoisotopic (exact) mass is 391 g/mol. The summed E-state index contributed by atoms with van der Waals surface area (Å²) in [6.45, 7) is 3.09. The van der Waals surface area contributed by atoms with Crippen molar-refractivity contribution >= 4 is 27.4 Å². The standard InChI is InChI=1S/C19H25N3O4S/c1-5-20-17-10-9-16(27(24,25)22(2)3)12-18(17)21-13-14-7-6-8-15(11-14)19(23)26-4/h6-12,20-21H,5,13H2,1-4H3. The molecule has 0 aliphatic carbocycles. The number of methoxy groups -OCH3 is 1. The number of anilines is 2. The maximum atomic E-state index is 12.4. The molecule has 0 aliphatic rings. The molecule has 27 heavy (non-hydrogen) atoms. The molecular formula is C19H25N3O4S. The van der Waals surface area contributed by atoms with E-state index in [2.05, 4.69) is 10.6 Å². The number of nitrogens with one attached hydrogen (secondary N) is 2. The second-order valence-electron chi connectivity index (χ2n) is 6.07. The minimum atomic E-state index is -3.53. The molecule has 2 N–H and O–H groups in total. The molecule has 0 saturated heterocycles. The van der Waals surface area contributed by atoms with Crippen LogP contribution in [-0.4, -0.2) is 46.4 Å². The van der Waals surface area contributed by atoms with Crippen molar-refractivity contribution in [3.63, 3.8) is 0 Å². The van der Waals surface area contributed by atoms with Gasteiger partial charge in [-0.2, -0.15) is 0 Å². The minimum absolute atomic E-state index is 0.208. The van der Waals surface area contributed by atoms with E-state index in [1.54, 1.807) is 36.4 Å². The number of benzene rings is 2. The number of ether oxygens (including phenoxy) is 1. The largest absolute Gasteiger partial charge is 0.465 e. The number of hydrogen-bond donors (Lipinski definition) is 2. The Morgan fingerprint density at radius 2 is 1.81 bits per heavy atom. The summed E-state index contributed by atoms with van der Waals surface area (Å²) in [5, 5.41) is 6.47. The van der Waals surface area contributed by atoms with Gasteiger partial charge >= 0.3 is 5.97 Å². The summed E-state index contributed by atoms with van der Waals surface area (Å²) in [5.74, 6) is -0.399. The third-order valence-electron chi connectivity index (χ3n) is 3.97. The Labute approximate surface area is 160 Å². The predicted octanol–water partition coefficient (Wildman–Crippen LogP) is 2.77. The Kier molecular flexibility index (Phi) is 6.81. The van der Waals surface area contributed by atoms with Gasteiger partial charge in [0.1, 0.15) is 0 Å². The highest BCUT2D eigenvalue weighted by molar-refractivity contribution is 7.89. The lowest BCUT2D eigenvalue weighted by Crippen LogP contribution is -2.22. The van der Waals surface area contributed by atoms with Gasteiger partial charge in [-0.15, -0.1) is 0 Å². The molecular weight excluding hydrogens is 366 g/mol. The highest BCUT2D eigenvalue weighted by Crippen LogP contribution is 2.27. The average molecular weight is 391 g/mol. The summed E-state index contributed by atoms with van der Waals surface area (Å²) in [6.07, 6.45) is 0. The SMILES string of the molecule is CCNc1ccc(S(=O)(=O)N(C)C)cc1NCc1cccc(C(=O)OC)c1. The fraction of sp³-hybridized carbons (Fsp3) is 0.316. The summed E-state index contributed by atoms with van der Waals surface area (Å²) < 4.78 is 30.7. The first kappa shape index (κ1) is 20.7. The van der Waals surface area contributed by atoms with E-state index in [1.165, 1.54) is 25.5 Å². The second kappa shape index (κ2) is 8.88. The van der Waals surface area contributed by atoms with Crippen molar-refractivity contribution in [3.8, 4) is 0 Å². The molecule has 0 aliphatic heterocycles. The summed E-state index contributed by atoms with van der Waals surface area (Å²) in [7, 11) is 0.807. The average Bonchev–Trinajstić information content (AvgIpc) is 2.66. The van der Waals surface area contributed by atoms with E-state index in [-0.39, 0.29) is 4.90 Å². The summed E-state index contributed by atoms with van der Waals surface area (Å²) in [5.41, 5.74) is 2.82. The fourth-order valence-corrected chi connectivity index (χ4v) is 3.44. The smallest absolute Gasteiger partial charge is 0.337 e. The number of carbonyl (C=O) groups is 1. The van der Waals surface area contributed by atoms with Crippen molar-refractivity contribution in [1.82, 2.24) is 4.31 Å². The fourth-order valence-electron chi connectivity index (χ4n) is 2.51. The highest BCUT2D eigenvalue weighted by Gasteiger charge is 2.18. The van der Waals surface area contributed by atoms with Crippen molar-refractivity contribution in [1.29, 1.82) is 0 Å². The maximum absolute atomic E-state index is 12.4. The van der Waals surface area contributed by atoms with Gasteiger partial charge < -0.3 is 15.4 Å². The van der Waals surface area contributed by atoms with Crippen molar-refractivity contribution in [2.75, 3.05) is 38.4 Å². The van der Waals surface area contributed by atoms with Crippen LogP contribution in [0.2, 0.25) is 0 Å². The maximum Gasteiger partial charge on any atom is 0.337 e. The van der Waals surface area contributed by atoms with Crippen LogP contribution in [0.3, 0.4) is 0 Å². The molecule has 146 valence electrons. The van der Waals surface area contributed by atoms with Crippen LogP contribution >= 0.6 is 0 Å². The molecule has 0 bridgehead atoms. The lowest BCUT2D eigenvalue weighted by Gasteiger charge is -2.17. The van der Waals surface area contributed by atoms with E-state index in [1.807, 2.05) is 13.0 Å². The van der Waals surface area contributed by atoms with E-state index in [0.717, 1.165) is 11.3 Å². The normalized spacial score (nSPS) is 11.3. The number of nitrogens with zero attached hydrogens (tertiary/aromatic N) is 1. The Hall–Kier alpha value is -2.58. The van der Waals surface area contributed by atoms with Gasteiger partial charge in [-0.3, -0.25) is 0 Å². The number of hydrogen-bond acceptors (Lipinski definition) is 6. The molecule has 7 nitrogen and oxygen atoms in total. The number of sulfonamides is 1. The molecule has 0 atom stereocenters. The van der Waals surface area contributed by atoms with Gasteiger partial charge in [0.15, 0.2) is 0 Å². The lowest BCUT2D eigenvalue weighted by atomic mass is 10.1. The first-order valence-corrected chi connectivity index (χ1v) is 9.95. The highest BCUT2D eigenvalue weighted by atomic mass is 32.2. The molecule has 0 fully saturated rings. The Morgan fingerprint density at radius 1 is 1.07 bits per heavy atom. The van der Waals surface area contributed by atoms with Crippen LogP contribution in [0.15, 0.2) is 47.4 Å². The molecule has 0 amide bonds. The van der Waals surface area contributed by atoms with Crippen LogP contribution < -0.4 is 10.6 Å². The van der Waals surface area contributed by atoms with E-state index in [9.17, 15) is 13.2 Å². The number of rotatable bonds is 8. The number of esters is 1. The molecule has 0 radical (unpaired) electrons. The molecule has 0 unspecified atom stereocenters. The van der Waals surface area contributed by atoms with Gasteiger partial charge in [-0.05, 0) is 42.8 Å². The minimum Gasteiger partial charge on any atom is -0.465 e. The zero-order valence-electron chi connectivity index (χ0n) is 15.9. The van der Waals surface area contributed by atoms with Crippen LogP contribution in [-0.2, 0) is 21.3 Å². The molecule has 8 heteroatoms. The molecule has 2 aromatic rings. The van der Waals surface area contributed by atoms with Crippen LogP contribution in [0.25, 0.3) is 0 Å². The van der Waals surface area contributed by atoms with Gasteiger partial charge in [0.2, 0.25) is 10.0 Å². The lowest BCUT2D eigenvalue weighted by molar-refractivity contribution is 0.0600. The molecule has 2 aromatic carbocycles. The van der Waals surface area contributed by atoms with Crippen molar-refractivity contribution in [3.05, 3.63) is 53.6 Å². The van der Waals surface area contributed by atoms with Gasteiger partial charge in [-0.1, -0.05) is 12.1 Å². The van der Waals surface area contributed by atoms with Crippen molar-refractivity contribution < 1.29 is 17.9 Å². The second-order valence-corrected chi connectivity index (χ2v) is 8.22. The van der Waals surface area contributed by atoms with Gasteiger partial charge in [-0.25, -0.2) is 17.5 Å². The van der Waals surface area contributed by atoms with Gasteiger partial charge in [0.25, 0.3) is 0 Å². The molecule has 0 saturated carbocycles. The van der Waals surface area contributed by atoms with E-state index in [0.29, 0.717) is 24.3 Å². The van der Waals surface area contributed by atoms with Crippen molar-refractivity contribution in [2.45, 2.75) is 18.4 Å². The molecule has 0 heterocycles. The summed E-state index contributed by atoms with van der Waals surface area (Å²) in [4.78, 5) is 11.9. The predicted molar refractivity (Wildman–Crippen MR) is 107 cm³/mol. The zero-order valence-corrected chi connectivity index (χ0v) is 16.8. The molecule has 0 aromatic heterocycles. The van der Waals surface area contributed by atoms with Crippen molar-refractivity contribution in [2.24, 2.45) is 0 Å². The van der Waals surface area contributed by atoms with E-state index < -0.39 is 16.0 Å². The van der Waals surface area contributed by atoms with Gasteiger partial charge in [0.05, 0.1) is 28.9 Å². The first-order valence-electron chi connectivity index (χ1n) is 8.51. The van der Waals surface area contributed by atoms with Gasteiger partial charge in [0, 0.05) is 27.2 Å². The summed E-state index contributed by atoms with van der Waals surface area (Å²) in [6, 6.07) is 12.0. The summed E-state index contributed by atoms with van der Waals surface area (Å²) >= 11 is 0. The van der Waals surface area contributed by atoms with Crippen LogP contribution in [0.4, 0.5) is 11.4 Å². The van der Waals surface area contributed by atoms with Crippen LogP contribution in [0.5, 0.6) is 0 Å². The third kappa shape index (κ3) is 4.99. The Morgan fingerprint density at radius 3 is 2.44 bits per heavy atom.